The molecule has 0 fully saturated rings. The van der Waals surface area contributed by atoms with Crippen LogP contribution in [0.5, 0.6) is 11.5 Å². The van der Waals surface area contributed by atoms with Crippen molar-refractivity contribution in [2.24, 2.45) is 0 Å². The third kappa shape index (κ3) is 3.84. The first-order chi connectivity index (χ1) is 9.93. The molecule has 21 heavy (non-hydrogen) atoms. The number of hydrogen-bond acceptors (Lipinski definition) is 2. The van der Waals surface area contributed by atoms with E-state index >= 15 is 0 Å². The molecule has 0 amide bonds. The second kappa shape index (κ2) is 7.47. The number of para-hydroxylation sites is 2. The molecule has 0 N–H and O–H groups in total. The third-order valence-electron chi connectivity index (χ3n) is 3.10. The van der Waals surface area contributed by atoms with Gasteiger partial charge in [-0.1, -0.05) is 48.6 Å². The Kier molecular flexibility index (Phi) is 5.36. The van der Waals surface area contributed by atoms with Crippen molar-refractivity contribution in [2.45, 2.75) is 0 Å². The zero-order valence-electron chi connectivity index (χ0n) is 13.9. The summed E-state index contributed by atoms with van der Waals surface area (Å²) in [4.78, 5) is 0. The largest absolute Gasteiger partial charge is 2.00 e. The molecule has 3 heteroatoms. The summed E-state index contributed by atoms with van der Waals surface area (Å²) >= 11 is 0. The van der Waals surface area contributed by atoms with Gasteiger partial charge in [-0.2, -0.15) is 0 Å². The molecule has 0 bridgehead atoms. The molecule has 2 aliphatic rings. The molecule has 0 radical (unpaired) electrons. The van der Waals surface area contributed by atoms with Gasteiger partial charge in [0.15, 0.2) is 0 Å². The van der Waals surface area contributed by atoms with Crippen molar-refractivity contribution in [1.29, 1.82) is 0 Å². The quantitative estimate of drug-likeness (QED) is 0.676. The van der Waals surface area contributed by atoms with Crippen molar-refractivity contribution in [3.63, 3.8) is 0 Å². The summed E-state index contributed by atoms with van der Waals surface area (Å²) in [6, 6.07) is 16.1. The molecule has 0 saturated heterocycles. The molecule has 104 valence electrons. The molecular formula is C18H18BeO2. The van der Waals surface area contributed by atoms with E-state index in [-0.39, 0.29) is 13.0 Å². The Bertz CT molecular complexity index is 599. The van der Waals surface area contributed by atoms with Gasteiger partial charge in [-0.05, 0) is 24.3 Å². The van der Waals surface area contributed by atoms with Crippen LogP contribution in [-0.2, 0) is 0 Å². The molecule has 2 aromatic carbocycles. The summed E-state index contributed by atoms with van der Waals surface area (Å²) < 4.78 is 10.7. The van der Waals surface area contributed by atoms with Crippen molar-refractivity contribution in [3.05, 3.63) is 71.8 Å². The summed E-state index contributed by atoms with van der Waals surface area (Å²) in [5, 5.41) is 0. The number of fused-ring (bicyclic) bond motifs is 2. The first-order valence-electron chi connectivity index (χ1n) is 6.70. The van der Waals surface area contributed by atoms with E-state index in [0.29, 0.717) is 13.2 Å². The van der Waals surface area contributed by atoms with E-state index in [2.05, 4.69) is 12.2 Å². The van der Waals surface area contributed by atoms with Crippen LogP contribution in [0.15, 0.2) is 60.7 Å². The van der Waals surface area contributed by atoms with Crippen LogP contribution in [0.1, 0.15) is 14.0 Å². The maximum absolute atomic E-state index is 5.34. The third-order valence-corrected chi connectivity index (χ3v) is 3.10. The summed E-state index contributed by atoms with van der Waals surface area (Å²) in [6.45, 7) is 1.41. The van der Waals surface area contributed by atoms with Gasteiger partial charge in [0.25, 0.3) is 0 Å². The predicted octanol–water partition coefficient (Wildman–Crippen LogP) is 4.03. The van der Waals surface area contributed by atoms with Gasteiger partial charge in [0.1, 0.15) is 24.7 Å². The van der Waals surface area contributed by atoms with Crippen molar-refractivity contribution >= 4 is 22.3 Å². The Labute approximate surface area is 131 Å². The van der Waals surface area contributed by atoms with E-state index in [9.17, 15) is 0 Å². The predicted molar refractivity (Wildman–Crippen MR) is 89.9 cm³/mol. The fraction of sp³-hybridized carbons (Fsp3) is 0.111. The van der Waals surface area contributed by atoms with Gasteiger partial charge in [0.2, 0.25) is 0 Å². The average molecular weight is 275 g/mol. The van der Waals surface area contributed by atoms with Crippen LogP contribution in [-0.4, -0.2) is 23.3 Å². The van der Waals surface area contributed by atoms with Crippen molar-refractivity contribution < 1.29 is 12.3 Å². The molecule has 0 atom stereocenters. The molecule has 0 aliphatic carbocycles. The van der Waals surface area contributed by atoms with Gasteiger partial charge in [0.05, 0.1) is 0 Å². The molecule has 2 heterocycles. The Morgan fingerprint density at radius 2 is 1.10 bits per heavy atom. The zero-order valence-corrected chi connectivity index (χ0v) is 11.9. The summed E-state index contributed by atoms with van der Waals surface area (Å²) in [5.41, 5.74) is 2.35. The smallest absolute Gasteiger partial charge is 1.00 e. The minimum absolute atomic E-state index is 0. The standard InChI is InChI=1S/2C9H8O.Be.2H/c2*1-2-6-9-8(4-1)5-3-7-10-9;;;/h2*1-6H,7H2;;;/q;;+2;2*-1. The number of rotatable bonds is 0. The van der Waals surface area contributed by atoms with E-state index in [1.54, 1.807) is 0 Å². The minimum atomic E-state index is 0. The molecular weight excluding hydrogens is 257 g/mol. The Morgan fingerprint density at radius 1 is 0.667 bits per heavy atom. The average Bonchev–Trinajstić information content (AvgIpc) is 2.56. The maximum Gasteiger partial charge on any atom is 2.00 e. The molecule has 2 aromatic rings. The number of hydrogen-bond donors (Lipinski definition) is 0. The van der Waals surface area contributed by atoms with Gasteiger partial charge in [0, 0.05) is 11.1 Å². The molecule has 4 rings (SSSR count). The molecule has 0 saturated carbocycles. The fourth-order valence-electron chi connectivity index (χ4n) is 2.13. The summed E-state index contributed by atoms with van der Waals surface area (Å²) in [5.74, 6) is 1.98. The van der Waals surface area contributed by atoms with E-state index in [1.165, 1.54) is 11.1 Å². The van der Waals surface area contributed by atoms with E-state index in [1.807, 2.05) is 60.7 Å². The van der Waals surface area contributed by atoms with Crippen molar-refractivity contribution in [3.8, 4) is 11.5 Å². The van der Waals surface area contributed by atoms with Crippen LogP contribution in [0.25, 0.3) is 12.2 Å². The SMILES string of the molecule is C1=Cc2ccccc2OC1.C1=Cc2ccccc2OC1.[Be+2].[H-].[H-]. The van der Waals surface area contributed by atoms with Gasteiger partial charge < -0.3 is 12.3 Å². The van der Waals surface area contributed by atoms with Crippen LogP contribution < -0.4 is 9.47 Å². The van der Waals surface area contributed by atoms with Crippen LogP contribution in [0, 0.1) is 0 Å². The van der Waals surface area contributed by atoms with Gasteiger partial charge in [-0.3, -0.25) is 0 Å². The van der Waals surface area contributed by atoms with Crippen molar-refractivity contribution in [1.82, 2.24) is 0 Å². The van der Waals surface area contributed by atoms with Crippen LogP contribution in [0.3, 0.4) is 0 Å². The zero-order chi connectivity index (χ0) is 13.6. The fourth-order valence-corrected chi connectivity index (χ4v) is 2.13. The summed E-state index contributed by atoms with van der Waals surface area (Å²) in [7, 11) is 0. The number of ether oxygens (including phenoxy) is 2. The second-order valence-electron chi connectivity index (χ2n) is 4.50. The van der Waals surface area contributed by atoms with Crippen LogP contribution in [0.4, 0.5) is 0 Å². The summed E-state index contributed by atoms with van der Waals surface area (Å²) in [6.07, 6.45) is 8.20. The second-order valence-corrected chi connectivity index (χ2v) is 4.50. The molecule has 2 aliphatic heterocycles. The molecule has 2 nitrogen and oxygen atoms in total. The van der Waals surface area contributed by atoms with Gasteiger partial charge in [-0.25, -0.2) is 0 Å². The van der Waals surface area contributed by atoms with Gasteiger partial charge >= 0.3 is 10.1 Å². The van der Waals surface area contributed by atoms with E-state index in [0.717, 1.165) is 11.5 Å². The topological polar surface area (TPSA) is 18.5 Å². The van der Waals surface area contributed by atoms with E-state index in [4.69, 9.17) is 9.47 Å². The minimum Gasteiger partial charge on any atom is -1.00 e. The Balaban J connectivity index is 0.000000372. The molecule has 0 unspecified atom stereocenters. The Hall–Kier alpha value is -2.31. The van der Waals surface area contributed by atoms with Crippen molar-refractivity contribution in [2.75, 3.05) is 13.2 Å². The molecule has 0 spiro atoms. The number of benzene rings is 2. The first kappa shape index (κ1) is 15.1. The maximum atomic E-state index is 5.34. The Morgan fingerprint density at radius 3 is 1.52 bits per heavy atom. The normalized spacial score (nSPS) is 13.3. The van der Waals surface area contributed by atoms with Gasteiger partial charge in [-0.15, -0.1) is 0 Å². The monoisotopic (exact) mass is 275 g/mol. The molecule has 0 aromatic heterocycles. The van der Waals surface area contributed by atoms with Crippen LogP contribution in [0.2, 0.25) is 0 Å². The first-order valence-corrected chi connectivity index (χ1v) is 6.70. The van der Waals surface area contributed by atoms with Crippen LogP contribution >= 0.6 is 0 Å². The van der Waals surface area contributed by atoms with E-state index < -0.39 is 0 Å².